The highest BCUT2D eigenvalue weighted by molar-refractivity contribution is 14.1. The summed E-state index contributed by atoms with van der Waals surface area (Å²) in [5.41, 5.74) is 1.08. The molecule has 0 saturated carbocycles. The topological polar surface area (TPSA) is 61.4 Å². The number of halogens is 1. The third kappa shape index (κ3) is 2.65. The molecule has 0 saturated heterocycles. The number of nitrogens with zero attached hydrogens (tertiary/aromatic N) is 6. The summed E-state index contributed by atoms with van der Waals surface area (Å²) in [5, 5.41) is 12.0. The van der Waals surface area contributed by atoms with Crippen molar-refractivity contribution in [2.24, 2.45) is 7.05 Å². The zero-order valence-electron chi connectivity index (χ0n) is 10.2. The molecule has 0 fully saturated rings. The fraction of sp³-hybridized carbons (Fsp3) is 0.167. The number of imidazole rings is 1. The van der Waals surface area contributed by atoms with Crippen LogP contribution in [-0.2, 0) is 13.6 Å². The zero-order valence-corrected chi connectivity index (χ0v) is 12.4. The van der Waals surface area contributed by atoms with Crippen molar-refractivity contribution in [3.05, 3.63) is 46.1 Å². The van der Waals surface area contributed by atoms with Gasteiger partial charge in [-0.3, -0.25) is 0 Å². The van der Waals surface area contributed by atoms with Crippen LogP contribution in [0, 0.1) is 3.57 Å². The Morgan fingerprint density at radius 1 is 1.21 bits per heavy atom. The standard InChI is InChI=1S/C12H11IN6/c1-18-16-11(15-17-18)8-19-7-6-14-12(19)9-2-4-10(13)5-3-9/h2-7H,8H2,1H3. The van der Waals surface area contributed by atoms with Gasteiger partial charge in [-0.15, -0.1) is 10.2 Å². The summed E-state index contributed by atoms with van der Waals surface area (Å²) in [7, 11) is 1.75. The second-order valence-corrected chi connectivity index (χ2v) is 5.33. The van der Waals surface area contributed by atoms with Crippen molar-refractivity contribution >= 4 is 22.6 Å². The average Bonchev–Trinajstić information content (AvgIpc) is 3.00. The molecule has 2 heterocycles. The van der Waals surface area contributed by atoms with Crippen LogP contribution >= 0.6 is 22.6 Å². The normalized spacial score (nSPS) is 10.8. The van der Waals surface area contributed by atoms with Gasteiger partial charge in [-0.25, -0.2) is 4.98 Å². The Balaban J connectivity index is 1.92. The minimum absolute atomic E-state index is 0.565. The molecule has 0 unspecified atom stereocenters. The van der Waals surface area contributed by atoms with Gasteiger partial charge in [0, 0.05) is 21.5 Å². The number of hydrogen-bond acceptors (Lipinski definition) is 4. The lowest BCUT2D eigenvalue weighted by Crippen LogP contribution is -2.03. The summed E-state index contributed by atoms with van der Waals surface area (Å²) in [5.74, 6) is 1.58. The van der Waals surface area contributed by atoms with Crippen molar-refractivity contribution in [3.8, 4) is 11.4 Å². The summed E-state index contributed by atoms with van der Waals surface area (Å²) in [4.78, 5) is 5.85. The molecule has 19 heavy (non-hydrogen) atoms. The second-order valence-electron chi connectivity index (χ2n) is 4.08. The quantitative estimate of drug-likeness (QED) is 0.663. The second kappa shape index (κ2) is 5.08. The first-order valence-corrected chi connectivity index (χ1v) is 6.80. The predicted molar refractivity (Wildman–Crippen MR) is 78.3 cm³/mol. The van der Waals surface area contributed by atoms with E-state index in [-0.39, 0.29) is 0 Å². The number of tetrazole rings is 1. The summed E-state index contributed by atoms with van der Waals surface area (Å²) in [6, 6.07) is 8.25. The maximum Gasteiger partial charge on any atom is 0.194 e. The van der Waals surface area contributed by atoms with E-state index in [0.717, 1.165) is 11.4 Å². The van der Waals surface area contributed by atoms with Crippen LogP contribution in [0.15, 0.2) is 36.7 Å². The van der Waals surface area contributed by atoms with Crippen LogP contribution in [0.25, 0.3) is 11.4 Å². The van der Waals surface area contributed by atoms with Crippen molar-refractivity contribution in [2.75, 3.05) is 0 Å². The summed E-state index contributed by atoms with van der Waals surface area (Å²) in [6.45, 7) is 0.565. The number of rotatable bonds is 3. The van der Waals surface area contributed by atoms with Gasteiger partial charge in [-0.05, 0) is 39.9 Å². The lowest BCUT2D eigenvalue weighted by atomic mass is 10.2. The highest BCUT2D eigenvalue weighted by atomic mass is 127. The molecule has 3 rings (SSSR count). The predicted octanol–water partition coefficient (Wildman–Crippen LogP) is 1.73. The van der Waals surface area contributed by atoms with Gasteiger partial charge in [-0.1, -0.05) is 12.1 Å². The largest absolute Gasteiger partial charge is 0.323 e. The van der Waals surface area contributed by atoms with Crippen molar-refractivity contribution in [1.29, 1.82) is 0 Å². The molecule has 0 atom stereocenters. The van der Waals surface area contributed by atoms with Gasteiger partial charge in [0.05, 0.1) is 13.6 Å². The summed E-state index contributed by atoms with van der Waals surface area (Å²) >= 11 is 2.29. The Morgan fingerprint density at radius 3 is 2.68 bits per heavy atom. The maximum absolute atomic E-state index is 4.40. The summed E-state index contributed by atoms with van der Waals surface area (Å²) < 4.78 is 3.22. The van der Waals surface area contributed by atoms with E-state index in [9.17, 15) is 0 Å². The highest BCUT2D eigenvalue weighted by Crippen LogP contribution is 2.19. The third-order valence-electron chi connectivity index (χ3n) is 2.68. The lowest BCUT2D eigenvalue weighted by Gasteiger charge is -2.05. The van der Waals surface area contributed by atoms with Crippen molar-refractivity contribution < 1.29 is 0 Å². The van der Waals surface area contributed by atoms with Crippen molar-refractivity contribution in [3.63, 3.8) is 0 Å². The molecular weight excluding hydrogens is 355 g/mol. The van der Waals surface area contributed by atoms with Crippen LogP contribution in [-0.4, -0.2) is 29.8 Å². The SMILES string of the molecule is Cn1nnc(Cn2ccnc2-c2ccc(I)cc2)n1. The number of aryl methyl sites for hydroxylation is 1. The van der Waals surface area contributed by atoms with Gasteiger partial charge < -0.3 is 4.57 Å². The minimum atomic E-state index is 0.565. The van der Waals surface area contributed by atoms with E-state index in [2.05, 4.69) is 67.3 Å². The van der Waals surface area contributed by atoms with Crippen molar-refractivity contribution in [2.45, 2.75) is 6.54 Å². The van der Waals surface area contributed by atoms with Gasteiger partial charge in [0.15, 0.2) is 5.82 Å². The third-order valence-corrected chi connectivity index (χ3v) is 3.40. The Kier molecular flexibility index (Phi) is 3.28. The van der Waals surface area contributed by atoms with Gasteiger partial charge in [0.2, 0.25) is 0 Å². The van der Waals surface area contributed by atoms with Gasteiger partial charge >= 0.3 is 0 Å². The van der Waals surface area contributed by atoms with E-state index in [1.165, 1.54) is 8.37 Å². The molecule has 1 aromatic carbocycles. The Labute approximate surface area is 123 Å². The monoisotopic (exact) mass is 366 g/mol. The molecule has 0 amide bonds. The van der Waals surface area contributed by atoms with E-state index in [4.69, 9.17) is 0 Å². The highest BCUT2D eigenvalue weighted by Gasteiger charge is 2.08. The molecule has 0 bridgehead atoms. The number of benzene rings is 1. The van der Waals surface area contributed by atoms with Crippen LogP contribution in [0.2, 0.25) is 0 Å². The molecule has 0 radical (unpaired) electrons. The van der Waals surface area contributed by atoms with Gasteiger partial charge in [0.25, 0.3) is 0 Å². The van der Waals surface area contributed by atoms with Gasteiger partial charge in [-0.2, -0.15) is 4.80 Å². The number of aromatic nitrogens is 6. The molecule has 0 aliphatic carbocycles. The fourth-order valence-corrected chi connectivity index (χ4v) is 2.19. The first-order chi connectivity index (χ1) is 9.22. The summed E-state index contributed by atoms with van der Waals surface area (Å²) in [6.07, 6.45) is 3.70. The maximum atomic E-state index is 4.40. The lowest BCUT2D eigenvalue weighted by molar-refractivity contribution is 0.625. The average molecular weight is 366 g/mol. The smallest absolute Gasteiger partial charge is 0.194 e. The zero-order chi connectivity index (χ0) is 13.2. The van der Waals surface area contributed by atoms with E-state index in [0.29, 0.717) is 12.4 Å². The van der Waals surface area contributed by atoms with E-state index < -0.39 is 0 Å². The molecule has 0 aliphatic heterocycles. The minimum Gasteiger partial charge on any atom is -0.323 e. The molecule has 7 heteroatoms. The van der Waals surface area contributed by atoms with Crippen LogP contribution in [0.1, 0.15) is 5.82 Å². The molecule has 3 aromatic rings. The van der Waals surface area contributed by atoms with Crippen LogP contribution in [0.3, 0.4) is 0 Å². The van der Waals surface area contributed by atoms with Crippen LogP contribution in [0.5, 0.6) is 0 Å². The van der Waals surface area contributed by atoms with Crippen LogP contribution in [0.4, 0.5) is 0 Å². The molecule has 0 aliphatic rings. The molecular formula is C12H11IN6. The number of hydrogen-bond donors (Lipinski definition) is 0. The Morgan fingerprint density at radius 2 is 2.00 bits per heavy atom. The fourth-order valence-electron chi connectivity index (χ4n) is 1.84. The Bertz CT molecular complexity index is 684. The van der Waals surface area contributed by atoms with Crippen LogP contribution < -0.4 is 0 Å². The molecule has 2 aromatic heterocycles. The van der Waals surface area contributed by atoms with Gasteiger partial charge in [0.1, 0.15) is 5.82 Å². The van der Waals surface area contributed by atoms with E-state index >= 15 is 0 Å². The molecule has 6 nitrogen and oxygen atoms in total. The van der Waals surface area contributed by atoms with Crippen molar-refractivity contribution in [1.82, 2.24) is 29.8 Å². The molecule has 96 valence electrons. The molecule has 0 spiro atoms. The first-order valence-electron chi connectivity index (χ1n) is 5.72. The first kappa shape index (κ1) is 12.3. The Hall–Kier alpha value is -1.77. The molecule has 0 N–H and O–H groups in total. The van der Waals surface area contributed by atoms with E-state index in [1.807, 2.05) is 10.8 Å². The van der Waals surface area contributed by atoms with E-state index in [1.54, 1.807) is 13.2 Å².